The van der Waals surface area contributed by atoms with E-state index in [0.29, 0.717) is 17.1 Å². The predicted octanol–water partition coefficient (Wildman–Crippen LogP) is 3.07. The second-order valence-electron chi connectivity index (χ2n) is 5.73. The van der Waals surface area contributed by atoms with Gasteiger partial charge in [-0.05, 0) is 18.3 Å². The van der Waals surface area contributed by atoms with Gasteiger partial charge in [-0.1, -0.05) is 52.3 Å². The van der Waals surface area contributed by atoms with Crippen molar-refractivity contribution >= 4 is 22.9 Å². The molecule has 1 aliphatic heterocycles. The van der Waals surface area contributed by atoms with Gasteiger partial charge in [-0.15, -0.1) is 0 Å². The summed E-state index contributed by atoms with van der Waals surface area (Å²) in [6.45, 7) is 9.53. The predicted molar refractivity (Wildman–Crippen MR) is 86.1 cm³/mol. The number of hydrogen-bond donors (Lipinski definition) is 1. The fourth-order valence-electron chi connectivity index (χ4n) is 2.51. The number of thioether (sulfide) groups is 1. The lowest BCUT2D eigenvalue weighted by Crippen LogP contribution is -2.41. The Bertz CT molecular complexity index is 341. The molecule has 0 aliphatic carbocycles. The Hall–Kier alpha value is -0.710. The van der Waals surface area contributed by atoms with Crippen molar-refractivity contribution in [1.82, 2.24) is 5.32 Å². The molecule has 5 heteroatoms. The number of carbonyl (C=O) groups is 1. The van der Waals surface area contributed by atoms with Crippen LogP contribution in [0.3, 0.4) is 0 Å². The van der Waals surface area contributed by atoms with Gasteiger partial charge in [-0.25, -0.2) is 4.79 Å². The first-order valence-corrected chi connectivity index (χ1v) is 8.45. The van der Waals surface area contributed by atoms with Gasteiger partial charge in [0.2, 0.25) is 0 Å². The van der Waals surface area contributed by atoms with Gasteiger partial charge in [0.05, 0.1) is 13.7 Å². The Labute approximate surface area is 127 Å². The minimum Gasteiger partial charge on any atom is -0.467 e. The number of hydrogen-bond acceptors (Lipinski definition) is 5. The molecule has 0 bridgehead atoms. The van der Waals surface area contributed by atoms with Crippen LogP contribution in [0.5, 0.6) is 0 Å². The summed E-state index contributed by atoms with van der Waals surface area (Å²) in [7, 11) is 1.44. The lowest BCUT2D eigenvalue weighted by atomic mass is 9.99. The molecule has 1 aliphatic rings. The molecule has 0 radical (unpaired) electrons. The van der Waals surface area contributed by atoms with Gasteiger partial charge in [0.25, 0.3) is 0 Å². The van der Waals surface area contributed by atoms with Crippen LogP contribution in [0.1, 0.15) is 47.0 Å². The highest BCUT2D eigenvalue weighted by Gasteiger charge is 2.29. The maximum Gasteiger partial charge on any atom is 0.328 e. The Kier molecular flexibility index (Phi) is 7.41. The van der Waals surface area contributed by atoms with E-state index >= 15 is 0 Å². The van der Waals surface area contributed by atoms with Crippen molar-refractivity contribution in [3.63, 3.8) is 0 Å². The molecule has 0 spiro atoms. The van der Waals surface area contributed by atoms with E-state index in [1.807, 2.05) is 0 Å². The molecular formula is C15H28N2O2S. The number of aliphatic imine (C=N–C) groups is 1. The van der Waals surface area contributed by atoms with E-state index in [2.05, 4.69) is 38.0 Å². The largest absolute Gasteiger partial charge is 0.467 e. The van der Waals surface area contributed by atoms with Gasteiger partial charge in [-0.3, -0.25) is 4.99 Å². The topological polar surface area (TPSA) is 50.7 Å². The third kappa shape index (κ3) is 5.00. The van der Waals surface area contributed by atoms with Crippen LogP contribution < -0.4 is 5.32 Å². The number of amidine groups is 1. The highest BCUT2D eigenvalue weighted by atomic mass is 32.2. The third-order valence-corrected chi connectivity index (χ3v) is 5.05. The number of rotatable bonds is 7. The minimum atomic E-state index is -0.285. The molecule has 1 heterocycles. The Morgan fingerprint density at radius 2 is 2.10 bits per heavy atom. The standard InChI is InChI=1S/C15H28N2O2S/c1-6-11(7-2)13-9-16-15(20-13)17-12(8-10(3)4)14(18)19-5/h10-13H,6-9H2,1-5H3,(H,16,17). The van der Waals surface area contributed by atoms with Crippen LogP contribution in [0.15, 0.2) is 4.99 Å². The maximum atomic E-state index is 11.8. The van der Waals surface area contributed by atoms with Gasteiger partial charge in [0.15, 0.2) is 5.17 Å². The minimum absolute atomic E-state index is 0.201. The molecule has 0 fully saturated rings. The molecule has 0 saturated heterocycles. The highest BCUT2D eigenvalue weighted by molar-refractivity contribution is 8.14. The van der Waals surface area contributed by atoms with E-state index in [9.17, 15) is 4.79 Å². The number of esters is 1. The Balaban J connectivity index is 2.56. The molecule has 0 aromatic heterocycles. The van der Waals surface area contributed by atoms with E-state index in [1.165, 1.54) is 20.0 Å². The lowest BCUT2D eigenvalue weighted by molar-refractivity contribution is -0.143. The van der Waals surface area contributed by atoms with Crippen molar-refractivity contribution < 1.29 is 9.53 Å². The van der Waals surface area contributed by atoms with E-state index in [4.69, 9.17) is 4.74 Å². The molecule has 0 aromatic carbocycles. The number of carbonyl (C=O) groups excluding carboxylic acids is 1. The monoisotopic (exact) mass is 300 g/mol. The van der Waals surface area contributed by atoms with Crippen LogP contribution in [-0.2, 0) is 9.53 Å². The SMILES string of the molecule is CCC(CC)C1CN=C(NC(CC(C)C)C(=O)OC)S1. The summed E-state index contributed by atoms with van der Waals surface area (Å²) in [5.74, 6) is 0.936. The van der Waals surface area contributed by atoms with E-state index in [-0.39, 0.29) is 12.0 Å². The molecule has 4 nitrogen and oxygen atoms in total. The summed E-state index contributed by atoms with van der Waals surface area (Å²) < 4.78 is 4.87. The summed E-state index contributed by atoms with van der Waals surface area (Å²) >= 11 is 1.78. The maximum absolute atomic E-state index is 11.8. The second-order valence-corrected chi connectivity index (χ2v) is 6.96. The summed E-state index contributed by atoms with van der Waals surface area (Å²) in [6, 6.07) is -0.285. The number of nitrogens with zero attached hydrogens (tertiary/aromatic N) is 1. The third-order valence-electron chi connectivity index (χ3n) is 3.74. The van der Waals surface area contributed by atoms with Crippen molar-refractivity contribution in [3.05, 3.63) is 0 Å². The van der Waals surface area contributed by atoms with E-state index < -0.39 is 0 Å². The van der Waals surface area contributed by atoms with Crippen LogP contribution >= 0.6 is 11.8 Å². The average molecular weight is 300 g/mol. The summed E-state index contributed by atoms with van der Waals surface area (Å²) in [4.78, 5) is 16.4. The summed E-state index contributed by atoms with van der Waals surface area (Å²) in [5.41, 5.74) is 0. The van der Waals surface area contributed by atoms with Gasteiger partial charge in [-0.2, -0.15) is 0 Å². The molecule has 1 rings (SSSR count). The van der Waals surface area contributed by atoms with Crippen molar-refractivity contribution in [1.29, 1.82) is 0 Å². The van der Waals surface area contributed by atoms with Gasteiger partial charge < -0.3 is 10.1 Å². The van der Waals surface area contributed by atoms with Crippen LogP contribution in [0, 0.1) is 11.8 Å². The zero-order valence-electron chi connectivity index (χ0n) is 13.3. The molecule has 2 atom stereocenters. The summed E-state index contributed by atoms with van der Waals surface area (Å²) in [5, 5.41) is 4.72. The van der Waals surface area contributed by atoms with Gasteiger partial charge >= 0.3 is 5.97 Å². The van der Waals surface area contributed by atoms with Crippen molar-refractivity contribution in [2.45, 2.75) is 58.2 Å². The average Bonchev–Trinajstić information content (AvgIpc) is 2.86. The lowest BCUT2D eigenvalue weighted by Gasteiger charge is -2.21. The van der Waals surface area contributed by atoms with Crippen LogP contribution in [0.4, 0.5) is 0 Å². The second kappa shape index (κ2) is 8.55. The highest BCUT2D eigenvalue weighted by Crippen LogP contribution is 2.30. The van der Waals surface area contributed by atoms with Gasteiger partial charge in [0.1, 0.15) is 6.04 Å². The Morgan fingerprint density at radius 3 is 2.60 bits per heavy atom. The molecule has 0 aromatic rings. The first kappa shape index (κ1) is 17.3. The normalized spacial score (nSPS) is 20.1. The summed E-state index contributed by atoms with van der Waals surface area (Å²) in [6.07, 6.45) is 3.13. The van der Waals surface area contributed by atoms with E-state index in [1.54, 1.807) is 11.8 Å². The van der Waals surface area contributed by atoms with Crippen molar-refractivity contribution in [3.8, 4) is 0 Å². The van der Waals surface area contributed by atoms with Crippen molar-refractivity contribution in [2.75, 3.05) is 13.7 Å². The van der Waals surface area contributed by atoms with Crippen LogP contribution in [-0.4, -0.2) is 36.1 Å². The molecule has 1 N–H and O–H groups in total. The number of methoxy groups -OCH3 is 1. The van der Waals surface area contributed by atoms with E-state index in [0.717, 1.165) is 18.1 Å². The smallest absolute Gasteiger partial charge is 0.328 e. The molecule has 116 valence electrons. The Morgan fingerprint density at radius 1 is 1.45 bits per heavy atom. The zero-order chi connectivity index (χ0) is 15.1. The molecule has 20 heavy (non-hydrogen) atoms. The van der Waals surface area contributed by atoms with Crippen LogP contribution in [0.2, 0.25) is 0 Å². The van der Waals surface area contributed by atoms with Crippen molar-refractivity contribution in [2.24, 2.45) is 16.8 Å². The fourth-order valence-corrected chi connectivity index (χ4v) is 3.88. The quantitative estimate of drug-likeness (QED) is 0.734. The molecule has 2 unspecified atom stereocenters. The first-order valence-electron chi connectivity index (χ1n) is 7.57. The first-order chi connectivity index (χ1) is 9.51. The van der Waals surface area contributed by atoms with Crippen LogP contribution in [0.25, 0.3) is 0 Å². The van der Waals surface area contributed by atoms with Gasteiger partial charge in [0, 0.05) is 5.25 Å². The molecular weight excluding hydrogens is 272 g/mol. The number of ether oxygens (including phenoxy) is 1. The fraction of sp³-hybridized carbons (Fsp3) is 0.867. The zero-order valence-corrected chi connectivity index (χ0v) is 14.1. The molecule has 0 saturated carbocycles. The molecule has 0 amide bonds. The number of nitrogens with one attached hydrogen (secondary N) is 1.